The first-order chi connectivity index (χ1) is 8.56. The smallest absolute Gasteiger partial charge is 0.141 e. The molecular formula is C13H10Cl2FNO. The molecule has 0 aliphatic heterocycles. The third kappa shape index (κ3) is 3.06. The molecule has 2 aromatic carbocycles. The van der Waals surface area contributed by atoms with Crippen molar-refractivity contribution in [3.63, 3.8) is 0 Å². The van der Waals surface area contributed by atoms with Crippen molar-refractivity contribution in [3.05, 3.63) is 57.8 Å². The highest BCUT2D eigenvalue weighted by molar-refractivity contribution is 6.32. The fraction of sp³-hybridized carbons (Fsp3) is 0.0769. The highest BCUT2D eigenvalue weighted by Crippen LogP contribution is 2.27. The van der Waals surface area contributed by atoms with Crippen LogP contribution in [0.2, 0.25) is 10.0 Å². The zero-order valence-corrected chi connectivity index (χ0v) is 10.8. The van der Waals surface area contributed by atoms with Crippen molar-refractivity contribution in [2.24, 2.45) is 0 Å². The number of halogens is 3. The van der Waals surface area contributed by atoms with Crippen LogP contribution < -0.4 is 10.5 Å². The lowest BCUT2D eigenvalue weighted by atomic mass is 10.2. The molecule has 94 valence electrons. The second kappa shape index (κ2) is 5.46. The Morgan fingerprint density at radius 2 is 1.83 bits per heavy atom. The Balaban J connectivity index is 2.11. The molecule has 2 rings (SSSR count). The zero-order chi connectivity index (χ0) is 13.1. The van der Waals surface area contributed by atoms with Crippen LogP contribution in [0.25, 0.3) is 0 Å². The van der Waals surface area contributed by atoms with Crippen LogP contribution in [0.15, 0.2) is 36.4 Å². The number of ether oxygens (including phenoxy) is 1. The SMILES string of the molecule is Nc1ccc(Cl)c(OCc2ccc(F)c(Cl)c2)c1. The first-order valence-electron chi connectivity index (χ1n) is 5.18. The average Bonchev–Trinajstić information content (AvgIpc) is 2.34. The lowest BCUT2D eigenvalue weighted by Gasteiger charge is -2.09. The predicted octanol–water partition coefficient (Wildman–Crippen LogP) is 4.29. The highest BCUT2D eigenvalue weighted by Gasteiger charge is 2.04. The van der Waals surface area contributed by atoms with Crippen LogP contribution in [0.3, 0.4) is 0 Å². The summed E-state index contributed by atoms with van der Waals surface area (Å²) >= 11 is 11.6. The fourth-order valence-electron chi connectivity index (χ4n) is 1.42. The number of nitrogen functional groups attached to an aromatic ring is 1. The van der Waals surface area contributed by atoms with Crippen molar-refractivity contribution in [1.29, 1.82) is 0 Å². The van der Waals surface area contributed by atoms with Gasteiger partial charge in [0.15, 0.2) is 0 Å². The summed E-state index contributed by atoms with van der Waals surface area (Å²) in [4.78, 5) is 0. The maximum atomic E-state index is 13.0. The Morgan fingerprint density at radius 3 is 2.56 bits per heavy atom. The normalized spacial score (nSPS) is 10.4. The first-order valence-corrected chi connectivity index (χ1v) is 5.93. The van der Waals surface area contributed by atoms with E-state index < -0.39 is 5.82 Å². The van der Waals surface area contributed by atoms with E-state index in [1.807, 2.05) is 0 Å². The molecule has 2 nitrogen and oxygen atoms in total. The summed E-state index contributed by atoms with van der Waals surface area (Å²) in [6.07, 6.45) is 0. The summed E-state index contributed by atoms with van der Waals surface area (Å²) in [6, 6.07) is 9.38. The van der Waals surface area contributed by atoms with Gasteiger partial charge in [-0.25, -0.2) is 4.39 Å². The topological polar surface area (TPSA) is 35.2 Å². The minimum absolute atomic E-state index is 0.0646. The van der Waals surface area contributed by atoms with Gasteiger partial charge in [0.2, 0.25) is 0 Å². The molecule has 5 heteroatoms. The highest BCUT2D eigenvalue weighted by atomic mass is 35.5. The van der Waals surface area contributed by atoms with Gasteiger partial charge in [0.05, 0.1) is 10.0 Å². The molecular weight excluding hydrogens is 276 g/mol. The van der Waals surface area contributed by atoms with E-state index in [2.05, 4.69) is 0 Å². The van der Waals surface area contributed by atoms with E-state index in [1.165, 1.54) is 12.1 Å². The van der Waals surface area contributed by atoms with Gasteiger partial charge >= 0.3 is 0 Å². The van der Waals surface area contributed by atoms with Gasteiger partial charge in [0.1, 0.15) is 18.2 Å². The quantitative estimate of drug-likeness (QED) is 0.854. The van der Waals surface area contributed by atoms with E-state index >= 15 is 0 Å². The minimum Gasteiger partial charge on any atom is -0.487 e. The van der Waals surface area contributed by atoms with Gasteiger partial charge in [-0.1, -0.05) is 29.3 Å². The summed E-state index contributed by atoms with van der Waals surface area (Å²) in [6.45, 7) is 0.239. The summed E-state index contributed by atoms with van der Waals surface area (Å²) in [5, 5.41) is 0.534. The maximum absolute atomic E-state index is 13.0. The van der Waals surface area contributed by atoms with E-state index in [-0.39, 0.29) is 11.6 Å². The maximum Gasteiger partial charge on any atom is 0.141 e. The van der Waals surface area contributed by atoms with Crippen molar-refractivity contribution >= 4 is 28.9 Å². The molecule has 2 N–H and O–H groups in total. The Morgan fingerprint density at radius 1 is 1.06 bits per heavy atom. The van der Waals surface area contributed by atoms with Gasteiger partial charge in [0.25, 0.3) is 0 Å². The van der Waals surface area contributed by atoms with Crippen molar-refractivity contribution < 1.29 is 9.13 Å². The molecule has 0 aliphatic carbocycles. The molecule has 0 atom stereocenters. The van der Waals surface area contributed by atoms with Crippen LogP contribution in [0.1, 0.15) is 5.56 Å². The van der Waals surface area contributed by atoms with E-state index in [0.29, 0.717) is 16.5 Å². The lowest BCUT2D eigenvalue weighted by molar-refractivity contribution is 0.306. The van der Waals surface area contributed by atoms with Gasteiger partial charge in [-0.15, -0.1) is 0 Å². The number of nitrogens with two attached hydrogens (primary N) is 1. The molecule has 0 heterocycles. The molecule has 0 saturated heterocycles. The molecule has 0 fully saturated rings. The van der Waals surface area contributed by atoms with E-state index in [9.17, 15) is 4.39 Å². The standard InChI is InChI=1S/C13H10Cl2FNO/c14-10-3-2-9(17)6-13(10)18-7-8-1-4-12(16)11(15)5-8/h1-6H,7,17H2. The monoisotopic (exact) mass is 285 g/mol. The second-order valence-electron chi connectivity index (χ2n) is 3.73. The Kier molecular flexibility index (Phi) is 3.94. The number of rotatable bonds is 3. The third-order valence-corrected chi connectivity index (χ3v) is 2.94. The van der Waals surface area contributed by atoms with Crippen molar-refractivity contribution in [2.75, 3.05) is 5.73 Å². The average molecular weight is 286 g/mol. The zero-order valence-electron chi connectivity index (χ0n) is 9.29. The van der Waals surface area contributed by atoms with Crippen molar-refractivity contribution in [2.45, 2.75) is 6.61 Å². The summed E-state index contributed by atoms with van der Waals surface area (Å²) in [5.74, 6) is 0.0273. The predicted molar refractivity (Wildman–Crippen MR) is 71.6 cm³/mol. The van der Waals surface area contributed by atoms with Crippen LogP contribution in [0.5, 0.6) is 5.75 Å². The van der Waals surface area contributed by atoms with Gasteiger partial charge in [-0.3, -0.25) is 0 Å². The first kappa shape index (κ1) is 13.0. The molecule has 0 aliphatic rings. The Bertz CT molecular complexity index is 575. The number of hydrogen-bond donors (Lipinski definition) is 1. The molecule has 0 aromatic heterocycles. The van der Waals surface area contributed by atoms with Gasteiger partial charge in [-0.05, 0) is 29.8 Å². The van der Waals surface area contributed by atoms with Crippen LogP contribution in [0.4, 0.5) is 10.1 Å². The van der Waals surface area contributed by atoms with Crippen molar-refractivity contribution in [1.82, 2.24) is 0 Å². The van der Waals surface area contributed by atoms with E-state index in [4.69, 9.17) is 33.7 Å². The van der Waals surface area contributed by atoms with Gasteiger partial charge in [-0.2, -0.15) is 0 Å². The molecule has 0 saturated carbocycles. The number of anilines is 1. The Labute approximate surface area is 114 Å². The van der Waals surface area contributed by atoms with Crippen molar-refractivity contribution in [3.8, 4) is 5.75 Å². The summed E-state index contributed by atoms with van der Waals surface area (Å²) in [7, 11) is 0. The molecule has 0 spiro atoms. The molecule has 0 unspecified atom stereocenters. The van der Waals surface area contributed by atoms with Crippen LogP contribution in [0, 0.1) is 5.82 Å². The minimum atomic E-state index is -0.456. The molecule has 2 aromatic rings. The molecule has 0 bridgehead atoms. The number of benzene rings is 2. The van der Waals surface area contributed by atoms with E-state index in [1.54, 1.807) is 24.3 Å². The van der Waals surface area contributed by atoms with Crippen LogP contribution >= 0.6 is 23.2 Å². The third-order valence-electron chi connectivity index (χ3n) is 2.33. The number of hydrogen-bond acceptors (Lipinski definition) is 2. The lowest BCUT2D eigenvalue weighted by Crippen LogP contribution is -1.97. The van der Waals surface area contributed by atoms with Crippen LogP contribution in [-0.4, -0.2) is 0 Å². The van der Waals surface area contributed by atoms with Gasteiger partial charge < -0.3 is 10.5 Å². The molecule has 18 heavy (non-hydrogen) atoms. The summed E-state index contributed by atoms with van der Waals surface area (Å²) < 4.78 is 18.5. The summed E-state index contributed by atoms with van der Waals surface area (Å²) in [5.41, 5.74) is 6.94. The van der Waals surface area contributed by atoms with Gasteiger partial charge in [0, 0.05) is 11.8 Å². The Hall–Kier alpha value is -1.45. The van der Waals surface area contributed by atoms with Crippen LogP contribution in [-0.2, 0) is 6.61 Å². The second-order valence-corrected chi connectivity index (χ2v) is 4.54. The fourth-order valence-corrected chi connectivity index (χ4v) is 1.80. The molecule has 0 radical (unpaired) electrons. The van der Waals surface area contributed by atoms with E-state index in [0.717, 1.165) is 5.56 Å². The largest absolute Gasteiger partial charge is 0.487 e. The molecule has 0 amide bonds.